The summed E-state index contributed by atoms with van der Waals surface area (Å²) in [5.74, 6) is -1.81. The van der Waals surface area contributed by atoms with Gasteiger partial charge in [0.2, 0.25) is 10.9 Å². The first kappa shape index (κ1) is 23.5. The fourth-order valence-electron chi connectivity index (χ4n) is 3.78. The highest BCUT2D eigenvalue weighted by molar-refractivity contribution is 8.00. The standard InChI is InChI=1S/C24H16N4O6S2/c29-20(17-10-5-11-34-17)18-19(15-8-4-9-16(12-15)28(32)33)27(22(31)21(18)30)23-25-26-24(36-23)35-13-14-6-2-1-3-7-14/h1-12,19,30H,13H2. The molecule has 0 saturated carbocycles. The molecule has 36 heavy (non-hydrogen) atoms. The molecule has 4 aromatic rings. The zero-order valence-electron chi connectivity index (χ0n) is 18.3. The first-order chi connectivity index (χ1) is 17.4. The maximum Gasteiger partial charge on any atom is 0.296 e. The highest BCUT2D eigenvalue weighted by Gasteiger charge is 2.47. The summed E-state index contributed by atoms with van der Waals surface area (Å²) in [6.07, 6.45) is 1.29. The monoisotopic (exact) mass is 520 g/mol. The molecular formula is C24H16N4O6S2. The van der Waals surface area contributed by atoms with Gasteiger partial charge in [0.15, 0.2) is 15.9 Å². The second-order valence-corrected chi connectivity index (χ2v) is 9.80. The summed E-state index contributed by atoms with van der Waals surface area (Å²) in [6, 6.07) is 17.0. The number of amides is 1. The van der Waals surface area contributed by atoms with Crippen LogP contribution in [0.5, 0.6) is 0 Å². The minimum Gasteiger partial charge on any atom is -0.503 e. The number of Topliss-reactive ketones (excluding diaryl/α,β-unsaturated/α-hetero) is 1. The third-order valence-corrected chi connectivity index (χ3v) is 7.53. The van der Waals surface area contributed by atoms with Crippen LogP contribution in [0, 0.1) is 10.1 Å². The molecule has 180 valence electrons. The summed E-state index contributed by atoms with van der Waals surface area (Å²) in [5.41, 5.74) is 0.846. The summed E-state index contributed by atoms with van der Waals surface area (Å²) < 4.78 is 5.77. The van der Waals surface area contributed by atoms with Crippen LogP contribution in [0.25, 0.3) is 0 Å². The molecule has 0 bridgehead atoms. The molecule has 2 aromatic heterocycles. The van der Waals surface area contributed by atoms with E-state index in [9.17, 15) is 24.8 Å². The number of anilines is 1. The fourth-order valence-corrected chi connectivity index (χ4v) is 5.60. The predicted molar refractivity (Wildman–Crippen MR) is 132 cm³/mol. The van der Waals surface area contributed by atoms with E-state index in [-0.39, 0.29) is 27.7 Å². The van der Waals surface area contributed by atoms with E-state index in [2.05, 4.69) is 10.2 Å². The zero-order chi connectivity index (χ0) is 25.2. The van der Waals surface area contributed by atoms with Crippen molar-refractivity contribution >= 4 is 45.6 Å². The molecule has 1 aliphatic rings. The van der Waals surface area contributed by atoms with E-state index in [0.29, 0.717) is 10.1 Å². The van der Waals surface area contributed by atoms with Crippen LogP contribution in [0.4, 0.5) is 10.8 Å². The number of carbonyl (C=O) groups is 2. The van der Waals surface area contributed by atoms with Gasteiger partial charge in [-0.1, -0.05) is 65.6 Å². The number of aliphatic hydroxyl groups is 1. The number of non-ortho nitro benzene ring substituents is 1. The smallest absolute Gasteiger partial charge is 0.296 e. The Morgan fingerprint density at radius 2 is 1.94 bits per heavy atom. The Kier molecular flexibility index (Phi) is 6.36. The summed E-state index contributed by atoms with van der Waals surface area (Å²) in [4.78, 5) is 38.4. The van der Waals surface area contributed by atoms with Crippen molar-refractivity contribution in [1.29, 1.82) is 0 Å². The third kappa shape index (κ3) is 4.39. The first-order valence-corrected chi connectivity index (χ1v) is 12.3. The van der Waals surface area contributed by atoms with Crippen LogP contribution in [0.2, 0.25) is 0 Å². The Bertz CT molecular complexity index is 1480. The van der Waals surface area contributed by atoms with Gasteiger partial charge in [0.25, 0.3) is 11.6 Å². The van der Waals surface area contributed by atoms with Gasteiger partial charge in [0.1, 0.15) is 0 Å². The minimum atomic E-state index is -1.17. The number of hydrogen-bond donors (Lipinski definition) is 1. The van der Waals surface area contributed by atoms with Crippen molar-refractivity contribution in [2.24, 2.45) is 0 Å². The van der Waals surface area contributed by atoms with Crippen LogP contribution < -0.4 is 4.90 Å². The summed E-state index contributed by atoms with van der Waals surface area (Å²) in [5, 5.41) is 30.6. The number of carbonyl (C=O) groups excluding carboxylic acids is 2. The summed E-state index contributed by atoms with van der Waals surface area (Å²) in [7, 11) is 0. The van der Waals surface area contributed by atoms with E-state index in [1.165, 1.54) is 54.4 Å². The van der Waals surface area contributed by atoms with Crippen molar-refractivity contribution in [2.45, 2.75) is 16.1 Å². The topological polar surface area (TPSA) is 140 Å². The van der Waals surface area contributed by atoms with Crippen molar-refractivity contribution in [2.75, 3.05) is 4.90 Å². The van der Waals surface area contributed by atoms with Gasteiger partial charge in [-0.25, -0.2) is 0 Å². The number of ketones is 1. The van der Waals surface area contributed by atoms with E-state index in [1.807, 2.05) is 30.3 Å². The quantitative estimate of drug-likeness (QED) is 0.110. The zero-order valence-corrected chi connectivity index (χ0v) is 19.9. The average molecular weight is 521 g/mol. The molecule has 2 aromatic carbocycles. The molecule has 0 saturated heterocycles. The number of hydrogen-bond acceptors (Lipinski definition) is 10. The largest absolute Gasteiger partial charge is 0.503 e. The van der Waals surface area contributed by atoms with Gasteiger partial charge in [0, 0.05) is 17.9 Å². The van der Waals surface area contributed by atoms with Crippen LogP contribution in [0.15, 0.2) is 93.1 Å². The molecule has 0 fully saturated rings. The highest BCUT2D eigenvalue weighted by Crippen LogP contribution is 2.44. The number of furan rings is 1. The number of aliphatic hydroxyl groups excluding tert-OH is 1. The Hall–Kier alpha value is -4.29. The lowest BCUT2D eigenvalue weighted by Gasteiger charge is -2.23. The number of nitro groups is 1. The Morgan fingerprint density at radius 3 is 2.67 bits per heavy atom. The van der Waals surface area contributed by atoms with E-state index < -0.39 is 28.4 Å². The Labute approximate surface area is 212 Å². The van der Waals surface area contributed by atoms with E-state index >= 15 is 0 Å². The van der Waals surface area contributed by atoms with Crippen LogP contribution in [-0.2, 0) is 10.5 Å². The van der Waals surface area contributed by atoms with Crippen LogP contribution in [0.3, 0.4) is 0 Å². The molecule has 1 N–H and O–H groups in total. The molecule has 1 unspecified atom stereocenters. The SMILES string of the molecule is O=C(C1=C(O)C(=O)N(c2nnc(SCc3ccccc3)s2)C1c1cccc([N+](=O)[O-])c1)c1ccco1. The first-order valence-electron chi connectivity index (χ1n) is 10.5. The number of aromatic nitrogens is 2. The summed E-state index contributed by atoms with van der Waals surface area (Å²) in [6.45, 7) is 0. The molecule has 1 aliphatic heterocycles. The van der Waals surface area contributed by atoms with Crippen molar-refractivity contribution in [3.05, 3.63) is 111 Å². The normalized spacial score (nSPS) is 15.5. The van der Waals surface area contributed by atoms with Gasteiger partial charge in [-0.2, -0.15) is 0 Å². The van der Waals surface area contributed by atoms with Crippen molar-refractivity contribution in [3.63, 3.8) is 0 Å². The minimum absolute atomic E-state index is 0.0852. The molecule has 12 heteroatoms. The molecule has 0 radical (unpaired) electrons. The average Bonchev–Trinajstić information content (AvgIpc) is 3.64. The van der Waals surface area contributed by atoms with E-state index in [4.69, 9.17) is 4.42 Å². The molecule has 0 aliphatic carbocycles. The maximum absolute atomic E-state index is 13.2. The van der Waals surface area contributed by atoms with Gasteiger partial charge in [-0.15, -0.1) is 10.2 Å². The molecule has 0 spiro atoms. The van der Waals surface area contributed by atoms with Gasteiger partial charge in [0.05, 0.1) is 22.8 Å². The molecule has 1 atom stereocenters. The van der Waals surface area contributed by atoms with Gasteiger partial charge >= 0.3 is 0 Å². The van der Waals surface area contributed by atoms with Crippen LogP contribution in [-0.4, -0.2) is 31.9 Å². The van der Waals surface area contributed by atoms with Crippen molar-refractivity contribution in [1.82, 2.24) is 10.2 Å². The number of benzene rings is 2. The number of nitro benzene ring substituents is 1. The Morgan fingerprint density at radius 1 is 1.14 bits per heavy atom. The maximum atomic E-state index is 13.2. The molecule has 10 nitrogen and oxygen atoms in total. The predicted octanol–water partition coefficient (Wildman–Crippen LogP) is 5.11. The molecular weight excluding hydrogens is 504 g/mol. The third-order valence-electron chi connectivity index (χ3n) is 5.40. The molecule has 1 amide bonds. The van der Waals surface area contributed by atoms with Gasteiger partial charge < -0.3 is 9.52 Å². The lowest BCUT2D eigenvalue weighted by Crippen LogP contribution is -2.31. The number of nitrogens with zero attached hydrogens (tertiary/aromatic N) is 4. The number of rotatable bonds is 8. The second-order valence-electron chi connectivity index (χ2n) is 7.62. The molecule has 5 rings (SSSR count). The fraction of sp³-hybridized carbons (Fsp3) is 0.0833. The van der Waals surface area contributed by atoms with Gasteiger partial charge in [-0.3, -0.25) is 24.6 Å². The van der Waals surface area contributed by atoms with Crippen LogP contribution >= 0.6 is 23.1 Å². The van der Waals surface area contributed by atoms with E-state index in [0.717, 1.165) is 21.8 Å². The second kappa shape index (κ2) is 9.76. The summed E-state index contributed by atoms with van der Waals surface area (Å²) >= 11 is 2.54. The van der Waals surface area contributed by atoms with Gasteiger partial charge in [-0.05, 0) is 23.3 Å². The molecule has 3 heterocycles. The van der Waals surface area contributed by atoms with Crippen molar-refractivity contribution < 1.29 is 24.0 Å². The lowest BCUT2D eigenvalue weighted by atomic mass is 9.95. The van der Waals surface area contributed by atoms with Crippen molar-refractivity contribution in [3.8, 4) is 0 Å². The highest BCUT2D eigenvalue weighted by atomic mass is 32.2. The van der Waals surface area contributed by atoms with Crippen LogP contribution in [0.1, 0.15) is 27.7 Å². The Balaban J connectivity index is 1.53. The van der Waals surface area contributed by atoms with E-state index in [1.54, 1.807) is 0 Å². The lowest BCUT2D eigenvalue weighted by molar-refractivity contribution is -0.384. The number of thioether (sulfide) groups is 1.